The van der Waals surface area contributed by atoms with Crippen molar-refractivity contribution in [3.8, 4) is 11.5 Å². The van der Waals surface area contributed by atoms with Crippen LogP contribution in [0.5, 0.6) is 11.5 Å². The van der Waals surface area contributed by atoms with E-state index in [1.54, 1.807) is 0 Å². The SMILES string of the molecule is O=[N+]([O-])c1ccc(Oc2ccc(F)cc2Cl)c(Br)c1. The number of hydrogen-bond donors (Lipinski definition) is 0. The monoisotopic (exact) mass is 345 g/mol. The van der Waals surface area contributed by atoms with Gasteiger partial charge in [0.05, 0.1) is 14.4 Å². The van der Waals surface area contributed by atoms with E-state index in [0.29, 0.717) is 10.2 Å². The molecule has 7 heteroatoms. The molecule has 2 aromatic carbocycles. The summed E-state index contributed by atoms with van der Waals surface area (Å²) in [4.78, 5) is 10.1. The molecule has 0 N–H and O–H groups in total. The van der Waals surface area contributed by atoms with Crippen molar-refractivity contribution in [2.45, 2.75) is 0 Å². The highest BCUT2D eigenvalue weighted by Crippen LogP contribution is 2.35. The number of nitrogens with zero attached hydrogens (tertiary/aromatic N) is 1. The first-order chi connectivity index (χ1) is 8.97. The minimum absolute atomic E-state index is 0.0653. The van der Waals surface area contributed by atoms with Crippen LogP contribution in [0.3, 0.4) is 0 Å². The van der Waals surface area contributed by atoms with Gasteiger partial charge in [0.15, 0.2) is 0 Å². The van der Waals surface area contributed by atoms with Gasteiger partial charge in [0.2, 0.25) is 0 Å². The molecule has 0 spiro atoms. The van der Waals surface area contributed by atoms with Gasteiger partial charge in [-0.15, -0.1) is 0 Å². The molecule has 0 aliphatic rings. The van der Waals surface area contributed by atoms with E-state index in [-0.39, 0.29) is 16.5 Å². The Morgan fingerprint density at radius 2 is 1.89 bits per heavy atom. The molecule has 0 unspecified atom stereocenters. The van der Waals surface area contributed by atoms with Crippen molar-refractivity contribution < 1.29 is 14.1 Å². The predicted octanol–water partition coefficient (Wildman–Crippen LogP) is 4.94. The summed E-state index contributed by atoms with van der Waals surface area (Å²) in [5.74, 6) is 0.136. The third kappa shape index (κ3) is 3.21. The number of nitro groups is 1. The minimum Gasteiger partial charge on any atom is -0.455 e. The summed E-state index contributed by atoms with van der Waals surface area (Å²) in [5.41, 5.74) is -0.0653. The zero-order valence-electron chi connectivity index (χ0n) is 9.27. The fourth-order valence-electron chi connectivity index (χ4n) is 1.36. The van der Waals surface area contributed by atoms with E-state index in [4.69, 9.17) is 16.3 Å². The van der Waals surface area contributed by atoms with Crippen molar-refractivity contribution in [1.82, 2.24) is 0 Å². The number of benzene rings is 2. The predicted molar refractivity (Wildman–Crippen MR) is 72.3 cm³/mol. The second kappa shape index (κ2) is 5.54. The second-order valence-corrected chi connectivity index (χ2v) is 4.81. The third-order valence-corrected chi connectivity index (χ3v) is 3.16. The van der Waals surface area contributed by atoms with Crippen molar-refractivity contribution in [3.05, 3.63) is 61.8 Å². The first kappa shape index (κ1) is 13.8. The number of hydrogen-bond acceptors (Lipinski definition) is 3. The van der Waals surface area contributed by atoms with E-state index in [9.17, 15) is 14.5 Å². The Morgan fingerprint density at radius 1 is 1.21 bits per heavy atom. The summed E-state index contributed by atoms with van der Waals surface area (Å²) in [5, 5.41) is 10.7. The standard InChI is InChI=1S/C12H6BrClFNO3/c13-9-6-8(16(17)18)2-4-11(9)19-12-3-1-7(15)5-10(12)14/h1-6H. The van der Waals surface area contributed by atoms with E-state index in [0.717, 1.165) is 6.07 Å². The van der Waals surface area contributed by atoms with Gasteiger partial charge in [-0.25, -0.2) is 4.39 Å². The number of non-ortho nitro benzene ring substituents is 1. The maximum atomic E-state index is 12.9. The molecule has 0 atom stereocenters. The van der Waals surface area contributed by atoms with Crippen LogP contribution in [0.2, 0.25) is 5.02 Å². The normalized spacial score (nSPS) is 10.3. The number of halogens is 3. The molecule has 0 saturated heterocycles. The topological polar surface area (TPSA) is 52.4 Å². The van der Waals surface area contributed by atoms with Gasteiger partial charge in [-0.1, -0.05) is 11.6 Å². The smallest absolute Gasteiger partial charge is 0.270 e. The van der Waals surface area contributed by atoms with Gasteiger partial charge in [-0.2, -0.15) is 0 Å². The van der Waals surface area contributed by atoms with Crippen LogP contribution >= 0.6 is 27.5 Å². The Morgan fingerprint density at radius 3 is 2.47 bits per heavy atom. The Kier molecular flexibility index (Phi) is 4.01. The van der Waals surface area contributed by atoms with Gasteiger partial charge in [0.1, 0.15) is 17.3 Å². The molecule has 0 heterocycles. The van der Waals surface area contributed by atoms with Gasteiger partial charge in [0.25, 0.3) is 5.69 Å². The fraction of sp³-hybridized carbons (Fsp3) is 0. The Balaban J connectivity index is 2.31. The molecule has 0 bridgehead atoms. The molecule has 0 aliphatic heterocycles. The average molecular weight is 347 g/mol. The number of rotatable bonds is 3. The Hall–Kier alpha value is -1.66. The van der Waals surface area contributed by atoms with E-state index < -0.39 is 10.7 Å². The van der Waals surface area contributed by atoms with Gasteiger partial charge < -0.3 is 4.74 Å². The fourth-order valence-corrected chi connectivity index (χ4v) is 2.02. The lowest BCUT2D eigenvalue weighted by Crippen LogP contribution is -1.91. The maximum absolute atomic E-state index is 12.9. The largest absolute Gasteiger partial charge is 0.455 e. The molecule has 0 aliphatic carbocycles. The molecule has 98 valence electrons. The molecule has 2 aromatic rings. The summed E-state index contributed by atoms with van der Waals surface area (Å²) in [6, 6.07) is 7.76. The van der Waals surface area contributed by atoms with Gasteiger partial charge in [-0.05, 0) is 40.2 Å². The Labute approximate surface area is 121 Å². The van der Waals surface area contributed by atoms with Crippen LogP contribution in [0.1, 0.15) is 0 Å². The van der Waals surface area contributed by atoms with Crippen LogP contribution in [0.15, 0.2) is 40.9 Å². The lowest BCUT2D eigenvalue weighted by molar-refractivity contribution is -0.384. The summed E-state index contributed by atoms with van der Waals surface area (Å²) in [6.45, 7) is 0. The van der Waals surface area contributed by atoms with E-state index in [1.807, 2.05) is 0 Å². The van der Waals surface area contributed by atoms with Crippen molar-refractivity contribution in [2.24, 2.45) is 0 Å². The van der Waals surface area contributed by atoms with Crippen LogP contribution in [-0.4, -0.2) is 4.92 Å². The Bertz CT molecular complexity index is 651. The molecule has 0 amide bonds. The molecule has 19 heavy (non-hydrogen) atoms. The van der Waals surface area contributed by atoms with Crippen LogP contribution in [0.25, 0.3) is 0 Å². The highest BCUT2D eigenvalue weighted by Gasteiger charge is 2.12. The van der Waals surface area contributed by atoms with Gasteiger partial charge in [0, 0.05) is 12.1 Å². The summed E-state index contributed by atoms with van der Waals surface area (Å²) < 4.78 is 18.7. The van der Waals surface area contributed by atoms with Crippen LogP contribution in [-0.2, 0) is 0 Å². The van der Waals surface area contributed by atoms with Crippen LogP contribution in [0, 0.1) is 15.9 Å². The second-order valence-electron chi connectivity index (χ2n) is 3.55. The molecule has 0 saturated carbocycles. The molecular weight excluding hydrogens is 340 g/mol. The first-order valence-corrected chi connectivity index (χ1v) is 6.21. The molecule has 4 nitrogen and oxygen atoms in total. The summed E-state index contributed by atoms with van der Waals surface area (Å²) in [6.07, 6.45) is 0. The maximum Gasteiger partial charge on any atom is 0.270 e. The lowest BCUT2D eigenvalue weighted by Gasteiger charge is -2.09. The van der Waals surface area contributed by atoms with Crippen molar-refractivity contribution in [3.63, 3.8) is 0 Å². The number of nitro benzene ring substituents is 1. The zero-order chi connectivity index (χ0) is 14.0. The molecule has 2 rings (SSSR count). The molecule has 0 aromatic heterocycles. The van der Waals surface area contributed by atoms with Crippen LogP contribution < -0.4 is 4.74 Å². The van der Waals surface area contributed by atoms with Crippen LogP contribution in [0.4, 0.5) is 10.1 Å². The van der Waals surface area contributed by atoms with E-state index in [2.05, 4.69) is 15.9 Å². The zero-order valence-corrected chi connectivity index (χ0v) is 11.6. The lowest BCUT2D eigenvalue weighted by atomic mass is 10.3. The summed E-state index contributed by atoms with van der Waals surface area (Å²) >= 11 is 8.99. The van der Waals surface area contributed by atoms with Crippen molar-refractivity contribution in [2.75, 3.05) is 0 Å². The molecular formula is C12H6BrClFNO3. The highest BCUT2D eigenvalue weighted by molar-refractivity contribution is 9.10. The average Bonchev–Trinajstić information content (AvgIpc) is 2.34. The summed E-state index contributed by atoms with van der Waals surface area (Å²) in [7, 11) is 0. The van der Waals surface area contributed by atoms with Crippen molar-refractivity contribution in [1.29, 1.82) is 0 Å². The molecule has 0 fully saturated rings. The molecule has 0 radical (unpaired) electrons. The minimum atomic E-state index is -0.514. The van der Waals surface area contributed by atoms with Crippen molar-refractivity contribution >= 4 is 33.2 Å². The third-order valence-electron chi connectivity index (χ3n) is 2.24. The number of ether oxygens (including phenoxy) is 1. The van der Waals surface area contributed by atoms with Gasteiger partial charge >= 0.3 is 0 Å². The first-order valence-electron chi connectivity index (χ1n) is 5.04. The van der Waals surface area contributed by atoms with E-state index >= 15 is 0 Å². The van der Waals surface area contributed by atoms with E-state index in [1.165, 1.54) is 30.3 Å². The van der Waals surface area contributed by atoms with Gasteiger partial charge in [-0.3, -0.25) is 10.1 Å². The highest BCUT2D eigenvalue weighted by atomic mass is 79.9. The quantitative estimate of drug-likeness (QED) is 0.584.